The Bertz CT molecular complexity index is 350. The topological polar surface area (TPSA) is 173 Å². The van der Waals surface area contributed by atoms with Gasteiger partial charge in [-0.25, -0.2) is 9.59 Å². The third-order valence-corrected chi connectivity index (χ3v) is 1.60. The number of carboxylic acids is 2. The van der Waals surface area contributed by atoms with Gasteiger partial charge in [0.05, 0.1) is 0 Å². The summed E-state index contributed by atoms with van der Waals surface area (Å²) >= 11 is 0. The molecule has 0 bridgehead atoms. The number of benzene rings is 1. The van der Waals surface area contributed by atoms with Crippen molar-refractivity contribution in [2.75, 3.05) is 5.73 Å². The van der Waals surface area contributed by atoms with Crippen molar-refractivity contribution >= 4 is 17.6 Å². The number of aliphatic hydroxyl groups excluding tert-OH is 2. The van der Waals surface area contributed by atoms with Crippen LogP contribution in [0.4, 0.5) is 5.69 Å². The van der Waals surface area contributed by atoms with Crippen LogP contribution in [-0.2, 0) is 9.59 Å². The minimum Gasteiger partial charge on any atom is -0.479 e. The Labute approximate surface area is 102 Å². The van der Waals surface area contributed by atoms with Crippen LogP contribution in [0, 0.1) is 0 Å². The van der Waals surface area contributed by atoms with Crippen LogP contribution >= 0.6 is 0 Å². The fraction of sp³-hybridized carbons (Fsp3) is 0.200. The number of aliphatic carboxylic acids is 2. The minimum atomic E-state index is -2.27. The van der Waals surface area contributed by atoms with Crippen molar-refractivity contribution in [2.24, 2.45) is 0 Å². The highest BCUT2D eigenvalue weighted by Gasteiger charge is 2.29. The van der Waals surface area contributed by atoms with Gasteiger partial charge in [0.1, 0.15) is 0 Å². The summed E-state index contributed by atoms with van der Waals surface area (Å²) in [5, 5.41) is 32.5. The molecule has 18 heavy (non-hydrogen) atoms. The van der Waals surface area contributed by atoms with Crippen molar-refractivity contribution in [1.29, 1.82) is 0 Å². The number of carbonyl (C=O) groups is 2. The second kappa shape index (κ2) is 8.93. The predicted molar refractivity (Wildman–Crippen MR) is 61.8 cm³/mol. The molecule has 8 heteroatoms. The Morgan fingerprint density at radius 2 is 1.28 bits per heavy atom. The van der Waals surface area contributed by atoms with Crippen molar-refractivity contribution in [3.63, 3.8) is 0 Å². The van der Waals surface area contributed by atoms with Gasteiger partial charge >= 0.3 is 11.9 Å². The average molecular weight is 261 g/mol. The summed E-state index contributed by atoms with van der Waals surface area (Å²) < 4.78 is 0. The van der Waals surface area contributed by atoms with Crippen LogP contribution in [0.5, 0.6) is 0 Å². The molecule has 0 aliphatic rings. The Hall–Kier alpha value is -2.16. The number of carboxylic acid groups (broad SMARTS) is 2. The average Bonchev–Trinajstić information content (AvgIpc) is 2.28. The summed E-state index contributed by atoms with van der Waals surface area (Å²) in [4.78, 5) is 19.5. The number of hydrogen-bond acceptors (Lipinski definition) is 5. The van der Waals surface area contributed by atoms with Crippen LogP contribution < -0.4 is 5.73 Å². The minimum absolute atomic E-state index is 0. The van der Waals surface area contributed by atoms with Crippen LogP contribution in [0.15, 0.2) is 30.3 Å². The van der Waals surface area contributed by atoms with Crippen LogP contribution in [-0.4, -0.2) is 50.0 Å². The van der Waals surface area contributed by atoms with Crippen LogP contribution in [0.2, 0.25) is 0 Å². The molecule has 1 rings (SSSR count). The Morgan fingerprint density at radius 3 is 1.44 bits per heavy atom. The van der Waals surface area contributed by atoms with Gasteiger partial charge in [-0.3, -0.25) is 0 Å². The summed E-state index contributed by atoms with van der Waals surface area (Å²) in [6.45, 7) is 0. The van der Waals surface area contributed by atoms with E-state index in [2.05, 4.69) is 0 Å². The molecule has 0 aliphatic carbocycles. The molecule has 0 unspecified atom stereocenters. The zero-order valence-electron chi connectivity index (χ0n) is 9.22. The van der Waals surface area contributed by atoms with Gasteiger partial charge in [0, 0.05) is 5.69 Å². The van der Waals surface area contributed by atoms with E-state index >= 15 is 0 Å². The molecule has 2 atom stereocenters. The molecular formula is C10H15NO7. The fourth-order valence-corrected chi connectivity index (χ4v) is 0.723. The lowest BCUT2D eigenvalue weighted by molar-refractivity contribution is -0.165. The van der Waals surface area contributed by atoms with Crippen molar-refractivity contribution in [3.8, 4) is 0 Å². The van der Waals surface area contributed by atoms with Crippen LogP contribution in [0.3, 0.4) is 0 Å². The summed E-state index contributed by atoms with van der Waals surface area (Å²) in [5.41, 5.74) is 6.18. The van der Waals surface area contributed by atoms with Crippen LogP contribution in [0.1, 0.15) is 0 Å². The van der Waals surface area contributed by atoms with E-state index in [1.54, 1.807) is 0 Å². The molecule has 0 aliphatic heterocycles. The predicted octanol–water partition coefficient (Wildman–Crippen LogP) is -1.68. The largest absolute Gasteiger partial charge is 0.479 e. The highest BCUT2D eigenvalue weighted by molar-refractivity contribution is 5.83. The van der Waals surface area contributed by atoms with Gasteiger partial charge in [0.25, 0.3) is 0 Å². The summed E-state index contributed by atoms with van der Waals surface area (Å²) in [6, 6.07) is 9.49. The van der Waals surface area contributed by atoms with Gasteiger partial charge in [-0.05, 0) is 12.1 Å². The number of anilines is 1. The Morgan fingerprint density at radius 1 is 0.944 bits per heavy atom. The molecule has 1 aromatic carbocycles. The maximum Gasteiger partial charge on any atom is 0.335 e. The molecule has 1 aromatic rings. The molecule has 0 saturated carbocycles. The molecule has 0 heterocycles. The summed E-state index contributed by atoms with van der Waals surface area (Å²) in [5.74, 6) is -3.54. The van der Waals surface area contributed by atoms with E-state index in [0.717, 1.165) is 5.69 Å². The standard InChI is InChI=1S/C6H7N.C4H6O6.H2O/c7-6-4-2-1-3-5-6;5-1(3(7)8)2(6)4(9)10;/h1-5H,7H2;1-2,5-6H,(H,7,8)(H,9,10);1H2/t;1-,2-;/m.1./s1. The number of hydrogen-bond donors (Lipinski definition) is 5. The number of aliphatic hydroxyl groups is 2. The van der Waals surface area contributed by atoms with Gasteiger partial charge in [-0.15, -0.1) is 0 Å². The molecule has 0 aromatic heterocycles. The van der Waals surface area contributed by atoms with Gasteiger partial charge in [-0.2, -0.15) is 0 Å². The van der Waals surface area contributed by atoms with Crippen molar-refractivity contribution in [1.82, 2.24) is 0 Å². The maximum absolute atomic E-state index is 9.77. The summed E-state index contributed by atoms with van der Waals surface area (Å²) in [7, 11) is 0. The molecule has 0 saturated heterocycles. The highest BCUT2D eigenvalue weighted by atomic mass is 16.4. The Balaban J connectivity index is 0. The first-order chi connectivity index (χ1) is 7.86. The zero-order chi connectivity index (χ0) is 13.4. The summed E-state index contributed by atoms with van der Waals surface area (Å²) in [6.07, 6.45) is -4.53. The fourth-order valence-electron chi connectivity index (χ4n) is 0.723. The second-order valence-corrected chi connectivity index (χ2v) is 2.98. The van der Waals surface area contributed by atoms with E-state index in [4.69, 9.17) is 26.2 Å². The van der Waals surface area contributed by atoms with Gasteiger partial charge in [0.2, 0.25) is 0 Å². The van der Waals surface area contributed by atoms with E-state index in [1.807, 2.05) is 30.3 Å². The van der Waals surface area contributed by atoms with Gasteiger partial charge < -0.3 is 31.6 Å². The number of nitrogens with two attached hydrogens (primary N) is 1. The third kappa shape index (κ3) is 7.17. The molecular weight excluding hydrogens is 246 g/mol. The Kier molecular flexibility index (Phi) is 9.04. The highest BCUT2D eigenvalue weighted by Crippen LogP contribution is 1.96. The maximum atomic E-state index is 9.77. The lowest BCUT2D eigenvalue weighted by Crippen LogP contribution is -2.39. The van der Waals surface area contributed by atoms with Gasteiger partial charge in [-0.1, -0.05) is 18.2 Å². The van der Waals surface area contributed by atoms with E-state index in [-0.39, 0.29) is 5.48 Å². The quantitative estimate of drug-likeness (QED) is 0.404. The van der Waals surface area contributed by atoms with Crippen LogP contribution in [0.25, 0.3) is 0 Å². The molecule has 0 fully saturated rings. The van der Waals surface area contributed by atoms with E-state index in [0.29, 0.717) is 0 Å². The first kappa shape index (κ1) is 18.2. The van der Waals surface area contributed by atoms with Gasteiger partial charge in [0.15, 0.2) is 12.2 Å². The zero-order valence-corrected chi connectivity index (χ0v) is 9.22. The lowest BCUT2D eigenvalue weighted by Gasteiger charge is -2.07. The molecule has 0 radical (unpaired) electrons. The SMILES string of the molecule is Nc1ccccc1.O.O=C(O)[C@H](O)[C@@H](O)C(=O)O. The normalized spacial score (nSPS) is 12.1. The van der Waals surface area contributed by atoms with E-state index < -0.39 is 24.1 Å². The number of para-hydroxylation sites is 1. The smallest absolute Gasteiger partial charge is 0.335 e. The van der Waals surface area contributed by atoms with Crippen molar-refractivity contribution < 1.29 is 35.5 Å². The monoisotopic (exact) mass is 261 g/mol. The third-order valence-electron chi connectivity index (χ3n) is 1.60. The molecule has 0 amide bonds. The van der Waals surface area contributed by atoms with E-state index in [1.165, 1.54) is 0 Å². The van der Waals surface area contributed by atoms with E-state index in [9.17, 15) is 9.59 Å². The first-order valence-electron chi connectivity index (χ1n) is 4.48. The molecule has 102 valence electrons. The molecule has 0 spiro atoms. The van der Waals surface area contributed by atoms with Crippen molar-refractivity contribution in [2.45, 2.75) is 12.2 Å². The van der Waals surface area contributed by atoms with Crippen molar-refractivity contribution in [3.05, 3.63) is 30.3 Å². The molecule has 8 N–H and O–H groups in total. The second-order valence-electron chi connectivity index (χ2n) is 2.98. The number of rotatable bonds is 3. The first-order valence-corrected chi connectivity index (χ1v) is 4.48. The number of nitrogen functional groups attached to an aromatic ring is 1. The lowest BCUT2D eigenvalue weighted by atomic mass is 10.2. The molecule has 8 nitrogen and oxygen atoms in total.